The van der Waals surface area contributed by atoms with Gasteiger partial charge in [0.2, 0.25) is 0 Å². The van der Waals surface area contributed by atoms with E-state index in [9.17, 15) is 19.8 Å². The van der Waals surface area contributed by atoms with E-state index in [0.717, 1.165) is 12.0 Å². The van der Waals surface area contributed by atoms with Gasteiger partial charge in [-0.1, -0.05) is 12.1 Å². The molecular weight excluding hydrogens is 312 g/mol. The first-order chi connectivity index (χ1) is 11.2. The van der Waals surface area contributed by atoms with Crippen molar-refractivity contribution in [2.45, 2.75) is 51.7 Å². The van der Waals surface area contributed by atoms with Crippen molar-refractivity contribution >= 4 is 12.2 Å². The predicted molar refractivity (Wildman–Crippen MR) is 87.6 cm³/mol. The van der Waals surface area contributed by atoms with Crippen molar-refractivity contribution in [3.63, 3.8) is 0 Å². The Labute approximate surface area is 142 Å². The minimum absolute atomic E-state index is 0.123. The first-order valence-electron chi connectivity index (χ1n) is 7.88. The summed E-state index contributed by atoms with van der Waals surface area (Å²) < 4.78 is 5.11. The van der Waals surface area contributed by atoms with E-state index in [4.69, 9.17) is 4.74 Å². The summed E-state index contributed by atoms with van der Waals surface area (Å²) in [5.74, 6) is 0.205. The number of phenolic OH excluding ortho intramolecular Hbond substituents is 1. The number of alkyl carbamates (subject to hydrolysis) is 1. The molecule has 3 N–H and O–H groups in total. The summed E-state index contributed by atoms with van der Waals surface area (Å²) in [6.45, 7) is 5.38. The summed E-state index contributed by atoms with van der Waals surface area (Å²) in [7, 11) is 0. The molecule has 0 radical (unpaired) electrons. The van der Waals surface area contributed by atoms with Gasteiger partial charge in [0.1, 0.15) is 17.4 Å². The van der Waals surface area contributed by atoms with Crippen LogP contribution in [0, 0.1) is 0 Å². The van der Waals surface area contributed by atoms with Crippen molar-refractivity contribution in [3.05, 3.63) is 29.8 Å². The van der Waals surface area contributed by atoms with Gasteiger partial charge in [-0.05, 0) is 57.7 Å². The zero-order valence-electron chi connectivity index (χ0n) is 14.3. The first-order valence-corrected chi connectivity index (χ1v) is 7.88. The molecule has 0 heterocycles. The van der Waals surface area contributed by atoms with Gasteiger partial charge in [-0.15, -0.1) is 0 Å². The monoisotopic (exact) mass is 337 g/mol. The Bertz CT molecular complexity index is 537. The number of amides is 2. The van der Waals surface area contributed by atoms with Gasteiger partial charge in [-0.3, -0.25) is 0 Å². The third-order valence-electron chi connectivity index (χ3n) is 3.17. The third-order valence-corrected chi connectivity index (χ3v) is 3.17. The molecule has 0 aliphatic carbocycles. The Balaban J connectivity index is 2.42. The molecule has 24 heavy (non-hydrogen) atoms. The van der Waals surface area contributed by atoms with Gasteiger partial charge in [-0.2, -0.15) is 0 Å². The van der Waals surface area contributed by atoms with Crippen LogP contribution >= 0.6 is 0 Å². The van der Waals surface area contributed by atoms with Crippen molar-refractivity contribution < 1.29 is 24.5 Å². The van der Waals surface area contributed by atoms with Gasteiger partial charge < -0.3 is 30.4 Å². The molecule has 0 aromatic heterocycles. The predicted octanol–water partition coefficient (Wildman–Crippen LogP) is 1.54. The average Bonchev–Trinajstić information content (AvgIpc) is 2.44. The maximum Gasteiger partial charge on any atom is 0.407 e. The SMILES string of the molecule is CC(C)(C)OC(=O)NC[C@@H](CCCc1ccc(O)cc1)NC(=O)[O-]. The normalized spacial score (nSPS) is 12.3. The van der Waals surface area contributed by atoms with E-state index in [2.05, 4.69) is 10.6 Å². The number of nitrogens with one attached hydrogen (secondary N) is 2. The molecule has 1 atom stereocenters. The van der Waals surface area contributed by atoms with Crippen molar-refractivity contribution in [1.82, 2.24) is 10.6 Å². The molecule has 134 valence electrons. The second-order valence-electron chi connectivity index (χ2n) is 6.57. The van der Waals surface area contributed by atoms with Crippen LogP contribution in [0.3, 0.4) is 0 Å². The molecular formula is C17H25N2O5-. The van der Waals surface area contributed by atoms with E-state index in [-0.39, 0.29) is 12.3 Å². The molecule has 0 aliphatic rings. The lowest BCUT2D eigenvalue weighted by Gasteiger charge is -2.23. The number of phenols is 1. The number of aryl methyl sites for hydroxylation is 1. The number of carboxylic acid groups (broad SMARTS) is 1. The second kappa shape index (κ2) is 9.00. The lowest BCUT2D eigenvalue weighted by molar-refractivity contribution is -0.251. The minimum atomic E-state index is -1.38. The molecule has 0 bridgehead atoms. The van der Waals surface area contributed by atoms with E-state index >= 15 is 0 Å². The highest BCUT2D eigenvalue weighted by atomic mass is 16.6. The number of carbonyl (C=O) groups excluding carboxylic acids is 2. The van der Waals surface area contributed by atoms with Gasteiger partial charge in [0.15, 0.2) is 0 Å². The molecule has 0 aliphatic heterocycles. The van der Waals surface area contributed by atoms with Crippen molar-refractivity contribution in [2.75, 3.05) is 6.54 Å². The summed E-state index contributed by atoms with van der Waals surface area (Å²) in [4.78, 5) is 22.4. The maximum atomic E-state index is 11.6. The summed E-state index contributed by atoms with van der Waals surface area (Å²) in [6, 6.07) is 6.39. The molecule has 1 rings (SSSR count). The van der Waals surface area contributed by atoms with Crippen LogP contribution in [0.4, 0.5) is 9.59 Å². The van der Waals surface area contributed by atoms with Gasteiger partial charge in [0, 0.05) is 12.6 Å². The molecule has 0 fully saturated rings. The fourth-order valence-electron chi connectivity index (χ4n) is 2.13. The highest BCUT2D eigenvalue weighted by Gasteiger charge is 2.17. The summed E-state index contributed by atoms with van der Waals surface area (Å²) in [5, 5.41) is 24.8. The number of benzene rings is 1. The Kier molecular flexibility index (Phi) is 7.35. The smallest absolute Gasteiger partial charge is 0.407 e. The van der Waals surface area contributed by atoms with Crippen LogP contribution in [-0.2, 0) is 11.2 Å². The Morgan fingerprint density at radius 2 is 1.88 bits per heavy atom. The lowest BCUT2D eigenvalue weighted by Crippen LogP contribution is -2.49. The van der Waals surface area contributed by atoms with Crippen LogP contribution in [0.25, 0.3) is 0 Å². The number of carbonyl (C=O) groups is 2. The van der Waals surface area contributed by atoms with Crippen LogP contribution in [0.1, 0.15) is 39.2 Å². The van der Waals surface area contributed by atoms with E-state index in [1.54, 1.807) is 32.9 Å². The molecule has 1 aromatic rings. The molecule has 2 amide bonds. The van der Waals surface area contributed by atoms with E-state index < -0.39 is 23.8 Å². The zero-order valence-corrected chi connectivity index (χ0v) is 14.3. The van der Waals surface area contributed by atoms with E-state index in [0.29, 0.717) is 12.8 Å². The third kappa shape index (κ3) is 8.87. The van der Waals surface area contributed by atoms with E-state index in [1.165, 1.54) is 0 Å². The quantitative estimate of drug-likeness (QED) is 0.699. The highest BCUT2D eigenvalue weighted by Crippen LogP contribution is 2.12. The largest absolute Gasteiger partial charge is 0.530 e. The van der Waals surface area contributed by atoms with Crippen LogP contribution in [-0.4, -0.2) is 35.5 Å². The number of hydrogen-bond acceptors (Lipinski definition) is 5. The fraction of sp³-hybridized carbons (Fsp3) is 0.529. The summed E-state index contributed by atoms with van der Waals surface area (Å²) in [6.07, 6.45) is 0.00992. The summed E-state index contributed by atoms with van der Waals surface area (Å²) in [5.41, 5.74) is 0.431. The first kappa shape index (κ1) is 19.6. The van der Waals surface area contributed by atoms with E-state index in [1.807, 2.05) is 12.1 Å². The van der Waals surface area contributed by atoms with Gasteiger partial charge in [-0.25, -0.2) is 4.79 Å². The van der Waals surface area contributed by atoms with Crippen LogP contribution < -0.4 is 15.7 Å². The zero-order chi connectivity index (χ0) is 18.2. The lowest BCUT2D eigenvalue weighted by atomic mass is 10.0. The Hall–Kier alpha value is -2.44. The van der Waals surface area contributed by atoms with Crippen LogP contribution in [0.2, 0.25) is 0 Å². The average molecular weight is 337 g/mol. The molecule has 1 aromatic carbocycles. The molecule has 0 unspecified atom stereocenters. The fourth-order valence-corrected chi connectivity index (χ4v) is 2.13. The maximum absolute atomic E-state index is 11.6. The number of hydrogen-bond donors (Lipinski definition) is 3. The number of aromatic hydroxyl groups is 1. The van der Waals surface area contributed by atoms with Gasteiger partial charge in [0.05, 0.1) is 0 Å². The van der Waals surface area contributed by atoms with Crippen LogP contribution in [0.5, 0.6) is 5.75 Å². The number of rotatable bonds is 7. The molecule has 0 spiro atoms. The topological polar surface area (TPSA) is 111 Å². The van der Waals surface area contributed by atoms with Crippen LogP contribution in [0.15, 0.2) is 24.3 Å². The van der Waals surface area contributed by atoms with Crippen molar-refractivity contribution in [2.24, 2.45) is 0 Å². The number of ether oxygens (including phenoxy) is 1. The Morgan fingerprint density at radius 1 is 1.25 bits per heavy atom. The molecule has 7 nitrogen and oxygen atoms in total. The second-order valence-corrected chi connectivity index (χ2v) is 6.57. The van der Waals surface area contributed by atoms with Crippen molar-refractivity contribution in [3.8, 4) is 5.75 Å². The highest BCUT2D eigenvalue weighted by molar-refractivity contribution is 5.68. The minimum Gasteiger partial charge on any atom is -0.530 e. The standard InChI is InChI=1S/C17H26N2O5/c1-17(2,3)24-16(23)18-11-13(19-15(21)22)6-4-5-12-7-9-14(20)10-8-12/h7-10,13,19-20H,4-6,11H2,1-3H3,(H,18,23)(H,21,22)/p-1/t13-/m1/s1. The molecule has 0 saturated heterocycles. The van der Waals surface area contributed by atoms with Gasteiger partial charge >= 0.3 is 6.09 Å². The van der Waals surface area contributed by atoms with Crippen molar-refractivity contribution in [1.29, 1.82) is 0 Å². The molecule has 0 saturated carbocycles. The molecule has 7 heteroatoms. The Morgan fingerprint density at radius 3 is 2.42 bits per heavy atom. The summed E-state index contributed by atoms with van der Waals surface area (Å²) >= 11 is 0. The van der Waals surface area contributed by atoms with Gasteiger partial charge in [0.25, 0.3) is 0 Å².